The van der Waals surface area contributed by atoms with Gasteiger partial charge in [0.2, 0.25) is 0 Å². The van der Waals surface area contributed by atoms with Crippen LogP contribution in [0.1, 0.15) is 22.5 Å². The van der Waals surface area contributed by atoms with E-state index in [1.54, 1.807) is 17.9 Å². The molecule has 114 valence electrons. The maximum atomic E-state index is 12.9. The second-order valence-corrected chi connectivity index (χ2v) is 4.77. The van der Waals surface area contributed by atoms with Gasteiger partial charge in [0, 0.05) is 26.5 Å². The van der Waals surface area contributed by atoms with Crippen LogP contribution in [0.15, 0.2) is 24.9 Å². The molecule has 0 spiro atoms. The number of amides is 1. The molecule has 0 unspecified atom stereocenters. The van der Waals surface area contributed by atoms with Crippen LogP contribution in [0, 0.1) is 0 Å². The zero-order valence-electron chi connectivity index (χ0n) is 11.8. The highest BCUT2D eigenvalue weighted by molar-refractivity contribution is 6.11. The Labute approximate surface area is 123 Å². The molecule has 0 bridgehead atoms. The van der Waals surface area contributed by atoms with Gasteiger partial charge in [0.15, 0.2) is 5.69 Å². The molecule has 3 heterocycles. The number of imidazole rings is 1. The normalized spacial score (nSPS) is 11.3. The van der Waals surface area contributed by atoms with Crippen LogP contribution in [-0.4, -0.2) is 30.2 Å². The second-order valence-electron chi connectivity index (χ2n) is 4.77. The van der Waals surface area contributed by atoms with Gasteiger partial charge in [0.25, 0.3) is 12.3 Å². The molecule has 3 aromatic rings. The lowest BCUT2D eigenvalue weighted by Crippen LogP contribution is -2.14. The Hall–Kier alpha value is -2.84. The van der Waals surface area contributed by atoms with Crippen LogP contribution < -0.4 is 5.32 Å². The number of anilines is 1. The minimum absolute atomic E-state index is 0.0262. The lowest BCUT2D eigenvalue weighted by molar-refractivity contribution is 0.102. The van der Waals surface area contributed by atoms with Crippen LogP contribution >= 0.6 is 0 Å². The maximum Gasteiger partial charge on any atom is 0.284 e. The Morgan fingerprint density at radius 2 is 2.09 bits per heavy atom. The largest absolute Gasteiger partial charge is 0.333 e. The molecule has 22 heavy (non-hydrogen) atoms. The number of fused-ring (bicyclic) bond motifs is 1. The number of aryl methyl sites for hydroxylation is 2. The summed E-state index contributed by atoms with van der Waals surface area (Å²) in [5.74, 6) is -0.545. The summed E-state index contributed by atoms with van der Waals surface area (Å²) in [5.41, 5.74) is 0.884. The number of carbonyl (C=O) groups is 1. The third kappa shape index (κ3) is 2.30. The van der Waals surface area contributed by atoms with Crippen molar-refractivity contribution < 1.29 is 13.6 Å². The number of pyridine rings is 1. The Balaban J connectivity index is 1.99. The van der Waals surface area contributed by atoms with Crippen molar-refractivity contribution in [2.45, 2.75) is 6.43 Å². The molecule has 0 atom stereocenters. The Morgan fingerprint density at radius 1 is 1.32 bits per heavy atom. The summed E-state index contributed by atoms with van der Waals surface area (Å²) >= 11 is 0. The minimum atomic E-state index is -2.78. The molecule has 0 aliphatic rings. The molecular formula is C13H12F2N6O. The molecule has 1 amide bonds. The first-order valence-electron chi connectivity index (χ1n) is 6.35. The number of hydrogen-bond donors (Lipinski definition) is 1. The molecule has 0 saturated carbocycles. The molecule has 3 rings (SSSR count). The van der Waals surface area contributed by atoms with E-state index in [1.165, 1.54) is 30.3 Å². The van der Waals surface area contributed by atoms with Gasteiger partial charge in [0.05, 0.1) is 29.3 Å². The summed E-state index contributed by atoms with van der Waals surface area (Å²) in [5, 5.41) is 6.10. The van der Waals surface area contributed by atoms with E-state index < -0.39 is 18.0 Å². The zero-order chi connectivity index (χ0) is 15.9. The van der Waals surface area contributed by atoms with E-state index in [0.29, 0.717) is 11.0 Å². The maximum absolute atomic E-state index is 12.9. The van der Waals surface area contributed by atoms with Crippen molar-refractivity contribution in [3.05, 3.63) is 36.2 Å². The van der Waals surface area contributed by atoms with Crippen molar-refractivity contribution in [3.8, 4) is 0 Å². The summed E-state index contributed by atoms with van der Waals surface area (Å²) in [7, 11) is 3.24. The van der Waals surface area contributed by atoms with Gasteiger partial charge in [-0.2, -0.15) is 5.10 Å². The first kappa shape index (κ1) is 14.1. The molecule has 0 aliphatic carbocycles. The van der Waals surface area contributed by atoms with E-state index in [1.807, 2.05) is 0 Å². The van der Waals surface area contributed by atoms with Gasteiger partial charge >= 0.3 is 0 Å². The van der Waals surface area contributed by atoms with Gasteiger partial charge in [-0.25, -0.2) is 13.8 Å². The number of carbonyl (C=O) groups excluding carboxylic acids is 1. The SMILES string of the molecule is Cn1cc(NC(=O)c2cncc3ncn(C)c23)c(C(F)F)n1. The molecule has 9 heteroatoms. The number of nitrogens with zero attached hydrogens (tertiary/aromatic N) is 5. The molecule has 0 aromatic carbocycles. The van der Waals surface area contributed by atoms with Crippen molar-refractivity contribution in [3.63, 3.8) is 0 Å². The van der Waals surface area contributed by atoms with E-state index in [-0.39, 0.29) is 11.3 Å². The predicted molar refractivity (Wildman–Crippen MR) is 74.6 cm³/mol. The average molecular weight is 306 g/mol. The monoisotopic (exact) mass is 306 g/mol. The Morgan fingerprint density at radius 3 is 2.82 bits per heavy atom. The molecule has 3 aromatic heterocycles. The number of aromatic nitrogens is 5. The highest BCUT2D eigenvalue weighted by Crippen LogP contribution is 2.26. The fourth-order valence-corrected chi connectivity index (χ4v) is 2.23. The molecule has 7 nitrogen and oxygen atoms in total. The Bertz CT molecular complexity index is 853. The lowest BCUT2D eigenvalue weighted by Gasteiger charge is -2.06. The second kappa shape index (κ2) is 5.17. The van der Waals surface area contributed by atoms with Crippen LogP contribution in [0.3, 0.4) is 0 Å². The first-order chi connectivity index (χ1) is 10.5. The topological polar surface area (TPSA) is 77.6 Å². The molecule has 0 radical (unpaired) electrons. The first-order valence-corrected chi connectivity index (χ1v) is 6.35. The number of hydrogen-bond acceptors (Lipinski definition) is 4. The fourth-order valence-electron chi connectivity index (χ4n) is 2.23. The van der Waals surface area contributed by atoms with E-state index >= 15 is 0 Å². The van der Waals surface area contributed by atoms with Crippen molar-refractivity contribution in [1.82, 2.24) is 24.3 Å². The smallest absolute Gasteiger partial charge is 0.284 e. The molecule has 1 N–H and O–H groups in total. The highest BCUT2D eigenvalue weighted by atomic mass is 19.3. The Kier molecular flexibility index (Phi) is 3.32. The van der Waals surface area contributed by atoms with E-state index in [2.05, 4.69) is 20.4 Å². The van der Waals surface area contributed by atoms with Crippen LogP contribution in [0.5, 0.6) is 0 Å². The van der Waals surface area contributed by atoms with Gasteiger partial charge < -0.3 is 9.88 Å². The van der Waals surface area contributed by atoms with Crippen LogP contribution in [0.4, 0.5) is 14.5 Å². The van der Waals surface area contributed by atoms with Crippen LogP contribution in [0.2, 0.25) is 0 Å². The van der Waals surface area contributed by atoms with Gasteiger partial charge in [0.1, 0.15) is 5.52 Å². The van der Waals surface area contributed by atoms with Crippen molar-refractivity contribution >= 4 is 22.6 Å². The van der Waals surface area contributed by atoms with Crippen molar-refractivity contribution in [1.29, 1.82) is 0 Å². The summed E-state index contributed by atoms with van der Waals surface area (Å²) in [4.78, 5) is 20.4. The van der Waals surface area contributed by atoms with Crippen molar-refractivity contribution in [2.75, 3.05) is 5.32 Å². The lowest BCUT2D eigenvalue weighted by atomic mass is 10.2. The molecule has 0 saturated heterocycles. The van der Waals surface area contributed by atoms with E-state index in [0.717, 1.165) is 0 Å². The van der Waals surface area contributed by atoms with Gasteiger partial charge in [-0.3, -0.25) is 14.5 Å². The van der Waals surface area contributed by atoms with E-state index in [9.17, 15) is 13.6 Å². The predicted octanol–water partition coefficient (Wildman–Crippen LogP) is 1.89. The van der Waals surface area contributed by atoms with Crippen LogP contribution in [0.25, 0.3) is 11.0 Å². The number of halogens is 2. The van der Waals surface area contributed by atoms with E-state index in [4.69, 9.17) is 0 Å². The third-order valence-electron chi connectivity index (χ3n) is 3.18. The number of nitrogens with one attached hydrogen (secondary N) is 1. The number of rotatable bonds is 3. The van der Waals surface area contributed by atoms with Gasteiger partial charge in [-0.1, -0.05) is 0 Å². The molecule has 0 aliphatic heterocycles. The summed E-state index contributed by atoms with van der Waals surface area (Å²) in [6.07, 6.45) is 3.01. The van der Waals surface area contributed by atoms with Gasteiger partial charge in [-0.15, -0.1) is 0 Å². The molecule has 0 fully saturated rings. The summed E-state index contributed by atoms with van der Waals surface area (Å²) in [6, 6.07) is 0. The summed E-state index contributed by atoms with van der Waals surface area (Å²) in [6.45, 7) is 0. The molecular weight excluding hydrogens is 294 g/mol. The standard InChI is InChI=1S/C13H12F2N6O/c1-20-6-17-8-4-16-3-7(11(8)20)13(22)18-9-5-21(2)19-10(9)12(14)15/h3-6,12H,1-2H3,(H,18,22). The fraction of sp³-hybridized carbons (Fsp3) is 0.231. The van der Waals surface area contributed by atoms with Crippen molar-refractivity contribution in [2.24, 2.45) is 14.1 Å². The van der Waals surface area contributed by atoms with Crippen LogP contribution in [-0.2, 0) is 14.1 Å². The minimum Gasteiger partial charge on any atom is -0.333 e. The summed E-state index contributed by atoms with van der Waals surface area (Å²) < 4.78 is 28.7. The quantitative estimate of drug-likeness (QED) is 0.801. The zero-order valence-corrected chi connectivity index (χ0v) is 11.8. The average Bonchev–Trinajstić information content (AvgIpc) is 3.02. The van der Waals surface area contributed by atoms with Gasteiger partial charge in [-0.05, 0) is 0 Å². The highest BCUT2D eigenvalue weighted by Gasteiger charge is 2.21. The number of alkyl halides is 2. The third-order valence-corrected chi connectivity index (χ3v) is 3.18.